The number of ether oxygens (including phenoxy) is 1. The van der Waals surface area contributed by atoms with Crippen molar-refractivity contribution in [1.29, 1.82) is 0 Å². The van der Waals surface area contributed by atoms with E-state index in [0.717, 1.165) is 29.0 Å². The smallest absolute Gasteiger partial charge is 0.254 e. The number of nitrogens with zero attached hydrogens (tertiary/aromatic N) is 1. The molecule has 1 heterocycles. The van der Waals surface area contributed by atoms with Crippen LogP contribution in [0.1, 0.15) is 23.2 Å². The third-order valence-corrected chi connectivity index (χ3v) is 5.54. The lowest BCUT2D eigenvalue weighted by molar-refractivity contribution is -0.121. The highest BCUT2D eigenvalue weighted by atomic mass is 19.1. The number of carbonyl (C=O) groups is 2. The summed E-state index contributed by atoms with van der Waals surface area (Å²) in [5, 5.41) is 4.19. The molecule has 5 nitrogen and oxygen atoms in total. The van der Waals surface area contributed by atoms with Crippen LogP contribution in [-0.4, -0.2) is 36.9 Å². The zero-order valence-electron chi connectivity index (χ0n) is 17.0. The van der Waals surface area contributed by atoms with E-state index in [4.69, 9.17) is 4.74 Å². The van der Waals surface area contributed by atoms with E-state index >= 15 is 0 Å². The maximum atomic E-state index is 13.4. The van der Waals surface area contributed by atoms with Gasteiger partial charge in [0.25, 0.3) is 5.91 Å². The molecular formula is C24H22F2N2O3. The normalized spacial score (nSPS) is 16.2. The molecule has 3 aromatic rings. The van der Waals surface area contributed by atoms with Crippen molar-refractivity contribution in [2.24, 2.45) is 5.92 Å². The van der Waals surface area contributed by atoms with Gasteiger partial charge in [0.05, 0.1) is 13.0 Å². The topological polar surface area (TPSA) is 58.6 Å². The number of piperidine rings is 1. The van der Waals surface area contributed by atoms with Crippen molar-refractivity contribution in [3.63, 3.8) is 0 Å². The van der Waals surface area contributed by atoms with Crippen LogP contribution < -0.4 is 10.1 Å². The predicted molar refractivity (Wildman–Crippen MR) is 114 cm³/mol. The summed E-state index contributed by atoms with van der Waals surface area (Å²) in [5.41, 5.74) is 0.608. The van der Waals surface area contributed by atoms with Gasteiger partial charge in [0, 0.05) is 35.8 Å². The van der Waals surface area contributed by atoms with Crippen LogP contribution in [-0.2, 0) is 4.79 Å². The van der Waals surface area contributed by atoms with E-state index in [2.05, 4.69) is 5.32 Å². The Labute approximate surface area is 178 Å². The van der Waals surface area contributed by atoms with Gasteiger partial charge < -0.3 is 15.0 Å². The van der Waals surface area contributed by atoms with Crippen molar-refractivity contribution >= 4 is 28.3 Å². The van der Waals surface area contributed by atoms with Crippen molar-refractivity contribution in [2.45, 2.75) is 12.8 Å². The van der Waals surface area contributed by atoms with E-state index in [0.29, 0.717) is 30.7 Å². The van der Waals surface area contributed by atoms with Crippen LogP contribution >= 0.6 is 0 Å². The fourth-order valence-electron chi connectivity index (χ4n) is 4.05. The fraction of sp³-hybridized carbons (Fsp3) is 0.250. The second-order valence-corrected chi connectivity index (χ2v) is 7.60. The molecule has 0 aliphatic carbocycles. The van der Waals surface area contributed by atoms with E-state index in [1.807, 2.05) is 24.3 Å². The Hall–Kier alpha value is -3.48. The van der Waals surface area contributed by atoms with Crippen molar-refractivity contribution in [1.82, 2.24) is 4.90 Å². The van der Waals surface area contributed by atoms with Crippen LogP contribution in [0.3, 0.4) is 0 Å². The van der Waals surface area contributed by atoms with Crippen LogP contribution in [0, 0.1) is 17.6 Å². The molecule has 1 saturated heterocycles. The summed E-state index contributed by atoms with van der Waals surface area (Å²) in [4.78, 5) is 27.6. The minimum atomic E-state index is -0.762. The van der Waals surface area contributed by atoms with Crippen molar-refractivity contribution in [3.8, 4) is 5.75 Å². The summed E-state index contributed by atoms with van der Waals surface area (Å²) >= 11 is 0. The Kier molecular flexibility index (Phi) is 5.84. The van der Waals surface area contributed by atoms with Crippen LogP contribution in [0.4, 0.5) is 14.5 Å². The molecule has 0 unspecified atom stereocenters. The third-order valence-electron chi connectivity index (χ3n) is 5.54. The summed E-state index contributed by atoms with van der Waals surface area (Å²) in [6.07, 6.45) is 1.26. The summed E-state index contributed by atoms with van der Waals surface area (Å²) in [6, 6.07) is 13.9. The van der Waals surface area contributed by atoms with E-state index in [1.165, 1.54) is 0 Å². The molecule has 1 aliphatic heterocycles. The van der Waals surface area contributed by atoms with Crippen LogP contribution in [0.15, 0.2) is 54.6 Å². The largest absolute Gasteiger partial charge is 0.496 e. The first kappa shape index (κ1) is 20.8. The number of rotatable bonds is 4. The fourth-order valence-corrected chi connectivity index (χ4v) is 4.05. The molecule has 0 radical (unpaired) electrons. The minimum absolute atomic E-state index is 0.0621. The lowest BCUT2D eigenvalue weighted by Crippen LogP contribution is -2.43. The van der Waals surface area contributed by atoms with Crippen molar-refractivity contribution in [3.05, 3.63) is 71.8 Å². The molecule has 1 fully saturated rings. The number of hydrogen-bond acceptors (Lipinski definition) is 3. The molecule has 0 bridgehead atoms. The maximum Gasteiger partial charge on any atom is 0.254 e. The lowest BCUT2D eigenvalue weighted by Gasteiger charge is -2.32. The molecule has 3 aromatic carbocycles. The molecule has 1 atom stereocenters. The van der Waals surface area contributed by atoms with Crippen molar-refractivity contribution in [2.75, 3.05) is 25.5 Å². The highest BCUT2D eigenvalue weighted by Gasteiger charge is 2.30. The first-order chi connectivity index (χ1) is 15.0. The van der Waals surface area contributed by atoms with Crippen LogP contribution in [0.25, 0.3) is 10.8 Å². The van der Waals surface area contributed by atoms with Gasteiger partial charge in [-0.1, -0.05) is 24.3 Å². The number of nitrogens with one attached hydrogen (secondary N) is 1. The number of amides is 2. The van der Waals surface area contributed by atoms with Crippen LogP contribution in [0.5, 0.6) is 5.75 Å². The van der Waals surface area contributed by atoms with Gasteiger partial charge in [-0.05, 0) is 42.5 Å². The van der Waals surface area contributed by atoms with Crippen molar-refractivity contribution < 1.29 is 23.1 Å². The van der Waals surface area contributed by atoms with Gasteiger partial charge in [0.2, 0.25) is 5.91 Å². The number of anilines is 1. The van der Waals surface area contributed by atoms with Gasteiger partial charge in [-0.25, -0.2) is 8.78 Å². The van der Waals surface area contributed by atoms with Gasteiger partial charge in [-0.2, -0.15) is 0 Å². The molecule has 31 heavy (non-hydrogen) atoms. The second kappa shape index (κ2) is 8.71. The summed E-state index contributed by atoms with van der Waals surface area (Å²) in [7, 11) is 1.58. The van der Waals surface area contributed by atoms with Gasteiger partial charge in [0.15, 0.2) is 0 Å². The van der Waals surface area contributed by atoms with Gasteiger partial charge in [-0.15, -0.1) is 0 Å². The minimum Gasteiger partial charge on any atom is -0.496 e. The summed E-state index contributed by atoms with van der Waals surface area (Å²) < 4.78 is 32.2. The average Bonchev–Trinajstić information content (AvgIpc) is 2.77. The summed E-state index contributed by atoms with van der Waals surface area (Å²) in [6.45, 7) is 0.778. The molecular weight excluding hydrogens is 402 g/mol. The zero-order valence-corrected chi connectivity index (χ0v) is 17.0. The molecule has 0 spiro atoms. The standard InChI is InChI=1S/C24H22F2N2O3/c1-31-22-9-8-21(19-6-2-3-7-20(19)22)24(30)28-10-4-5-15(14-28)23(29)27-18-12-16(25)11-17(26)13-18/h2-3,6-9,11-13,15H,4-5,10,14H2,1H3,(H,27,29)/t15-/m1/s1. The molecule has 7 heteroatoms. The Bertz CT molecular complexity index is 1130. The molecule has 1 aliphatic rings. The molecule has 4 rings (SSSR count). The van der Waals surface area contributed by atoms with E-state index in [9.17, 15) is 18.4 Å². The monoisotopic (exact) mass is 424 g/mol. The number of benzene rings is 3. The Morgan fingerprint density at radius 1 is 1.03 bits per heavy atom. The third kappa shape index (κ3) is 4.35. The van der Waals surface area contributed by atoms with E-state index < -0.39 is 17.6 Å². The molecule has 160 valence electrons. The number of methoxy groups -OCH3 is 1. The number of hydrogen-bond donors (Lipinski definition) is 1. The number of carbonyl (C=O) groups excluding carboxylic acids is 2. The highest BCUT2D eigenvalue weighted by Crippen LogP contribution is 2.30. The second-order valence-electron chi connectivity index (χ2n) is 7.60. The molecule has 0 aromatic heterocycles. The average molecular weight is 424 g/mol. The lowest BCUT2D eigenvalue weighted by atomic mass is 9.95. The SMILES string of the molecule is COc1ccc(C(=O)N2CCC[C@@H](C(=O)Nc3cc(F)cc(F)c3)C2)c2ccccc12. The molecule has 1 N–H and O–H groups in total. The van der Waals surface area contributed by atoms with Crippen LogP contribution in [0.2, 0.25) is 0 Å². The Morgan fingerprint density at radius 3 is 2.45 bits per heavy atom. The highest BCUT2D eigenvalue weighted by molar-refractivity contribution is 6.08. The Balaban J connectivity index is 1.53. The zero-order chi connectivity index (χ0) is 22.0. The van der Waals surface area contributed by atoms with Gasteiger partial charge in [0.1, 0.15) is 17.4 Å². The molecule has 0 saturated carbocycles. The molecule has 2 amide bonds. The predicted octanol–water partition coefficient (Wildman–Crippen LogP) is 4.62. The van der Waals surface area contributed by atoms with E-state index in [-0.39, 0.29) is 24.0 Å². The first-order valence-corrected chi connectivity index (χ1v) is 10.1. The first-order valence-electron chi connectivity index (χ1n) is 10.1. The quantitative estimate of drug-likeness (QED) is 0.665. The van der Waals surface area contributed by atoms with Gasteiger partial charge >= 0.3 is 0 Å². The Morgan fingerprint density at radius 2 is 1.74 bits per heavy atom. The summed E-state index contributed by atoms with van der Waals surface area (Å²) in [5.74, 6) is -1.82. The van der Waals surface area contributed by atoms with Gasteiger partial charge in [-0.3, -0.25) is 9.59 Å². The van der Waals surface area contributed by atoms with E-state index in [1.54, 1.807) is 24.1 Å². The maximum absolute atomic E-state index is 13.4. The number of likely N-dealkylation sites (tertiary alicyclic amines) is 1. The number of fused-ring (bicyclic) bond motifs is 1. The number of halogens is 2.